The molecule has 0 amide bonds. The van der Waals surface area contributed by atoms with Gasteiger partial charge in [-0.15, -0.1) is 0 Å². The molecule has 5 heteroatoms. The number of nitrogens with zero attached hydrogens (tertiary/aromatic N) is 3. The molecule has 0 radical (unpaired) electrons. The van der Waals surface area contributed by atoms with Crippen LogP contribution in [-0.2, 0) is 13.1 Å². The molecule has 0 N–H and O–H groups in total. The number of para-hydroxylation sites is 1. The third-order valence-electron chi connectivity index (χ3n) is 5.18. The summed E-state index contributed by atoms with van der Waals surface area (Å²) >= 11 is 6.04. The van der Waals surface area contributed by atoms with Gasteiger partial charge in [0.1, 0.15) is 11.0 Å². The maximum atomic E-state index is 13.4. The minimum Gasteiger partial charge on any atom is -0.330 e. The number of hydrogen-bond donors (Lipinski definition) is 0. The Morgan fingerprint density at radius 1 is 0.793 bits per heavy atom. The highest BCUT2D eigenvalue weighted by atomic mass is 35.5. The first kappa shape index (κ1) is 17.7. The molecule has 0 unspecified atom stereocenters. The summed E-state index contributed by atoms with van der Waals surface area (Å²) in [6.45, 7) is 1.07. The van der Waals surface area contributed by atoms with Crippen molar-refractivity contribution in [2.24, 2.45) is 0 Å². The van der Waals surface area contributed by atoms with Crippen molar-refractivity contribution in [1.82, 2.24) is 14.1 Å². The van der Waals surface area contributed by atoms with Gasteiger partial charge >= 0.3 is 0 Å². The average Bonchev–Trinajstić information content (AvgIpc) is 3.07. The quantitative estimate of drug-likeness (QED) is 0.421. The van der Waals surface area contributed by atoms with Gasteiger partial charge in [0.05, 0.1) is 18.4 Å². The van der Waals surface area contributed by atoms with Crippen molar-refractivity contribution in [1.29, 1.82) is 0 Å². The predicted molar refractivity (Wildman–Crippen MR) is 118 cm³/mol. The van der Waals surface area contributed by atoms with E-state index < -0.39 is 0 Å². The number of benzene rings is 3. The van der Waals surface area contributed by atoms with Gasteiger partial charge in [-0.1, -0.05) is 72.3 Å². The van der Waals surface area contributed by atoms with Crippen LogP contribution in [0.4, 0.5) is 0 Å². The number of fused-ring (bicyclic) bond motifs is 3. The van der Waals surface area contributed by atoms with Crippen LogP contribution in [0.2, 0.25) is 5.02 Å². The van der Waals surface area contributed by atoms with E-state index in [0.717, 1.165) is 27.5 Å². The summed E-state index contributed by atoms with van der Waals surface area (Å²) in [6, 6.07) is 25.7. The summed E-state index contributed by atoms with van der Waals surface area (Å²) in [4.78, 5) is 18.1. The Morgan fingerprint density at radius 2 is 1.48 bits per heavy atom. The van der Waals surface area contributed by atoms with Gasteiger partial charge in [0.15, 0.2) is 0 Å². The lowest BCUT2D eigenvalue weighted by molar-refractivity contribution is 0.737. The molecule has 2 aromatic heterocycles. The van der Waals surface area contributed by atoms with Crippen LogP contribution < -0.4 is 5.56 Å². The minimum absolute atomic E-state index is 0.0379. The summed E-state index contributed by atoms with van der Waals surface area (Å²) in [5, 5.41) is 1.68. The second kappa shape index (κ2) is 7.22. The lowest BCUT2D eigenvalue weighted by Gasteiger charge is -2.09. The van der Waals surface area contributed by atoms with Crippen molar-refractivity contribution in [2.75, 3.05) is 0 Å². The minimum atomic E-state index is -0.0379. The first-order chi connectivity index (χ1) is 14.2. The fourth-order valence-electron chi connectivity index (χ4n) is 3.78. The maximum Gasteiger partial charge on any atom is 0.278 e. The van der Waals surface area contributed by atoms with Gasteiger partial charge in [-0.05, 0) is 29.3 Å². The lowest BCUT2D eigenvalue weighted by Crippen LogP contribution is -2.23. The second-order valence-electron chi connectivity index (χ2n) is 7.09. The van der Waals surface area contributed by atoms with E-state index in [0.29, 0.717) is 23.6 Å². The van der Waals surface area contributed by atoms with Crippen molar-refractivity contribution in [2.45, 2.75) is 13.1 Å². The Kier molecular flexibility index (Phi) is 4.41. The Morgan fingerprint density at radius 3 is 2.28 bits per heavy atom. The summed E-state index contributed by atoms with van der Waals surface area (Å²) in [7, 11) is 0. The zero-order valence-corrected chi connectivity index (χ0v) is 16.4. The molecule has 0 spiro atoms. The molecule has 4 nitrogen and oxygen atoms in total. The summed E-state index contributed by atoms with van der Waals surface area (Å²) in [6.07, 6.45) is 1.65. The van der Waals surface area contributed by atoms with Crippen LogP contribution in [0.25, 0.3) is 21.9 Å². The van der Waals surface area contributed by atoms with Crippen LogP contribution in [0.3, 0.4) is 0 Å². The molecule has 0 aliphatic heterocycles. The Hall–Kier alpha value is -3.37. The highest BCUT2D eigenvalue weighted by molar-refractivity contribution is 6.30. The van der Waals surface area contributed by atoms with Gasteiger partial charge in [0, 0.05) is 17.0 Å². The van der Waals surface area contributed by atoms with Gasteiger partial charge in [0.2, 0.25) is 0 Å². The fraction of sp³-hybridized carbons (Fsp3) is 0.0833. The molecule has 3 aromatic carbocycles. The van der Waals surface area contributed by atoms with Crippen molar-refractivity contribution in [3.05, 3.63) is 112 Å². The number of halogens is 1. The molecule has 2 heterocycles. The van der Waals surface area contributed by atoms with Crippen molar-refractivity contribution >= 4 is 33.5 Å². The molecule has 0 saturated carbocycles. The van der Waals surface area contributed by atoms with Crippen LogP contribution in [0.1, 0.15) is 11.1 Å². The van der Waals surface area contributed by atoms with Crippen molar-refractivity contribution < 1.29 is 0 Å². The van der Waals surface area contributed by atoms with Crippen molar-refractivity contribution in [3.63, 3.8) is 0 Å². The fourth-order valence-corrected chi connectivity index (χ4v) is 3.90. The number of rotatable bonds is 4. The molecule has 142 valence electrons. The number of aromatic nitrogens is 3. The Labute approximate surface area is 172 Å². The van der Waals surface area contributed by atoms with Gasteiger partial charge in [-0.2, -0.15) is 0 Å². The summed E-state index contributed by atoms with van der Waals surface area (Å²) in [5.41, 5.74) is 4.47. The van der Waals surface area contributed by atoms with Crippen LogP contribution in [0.15, 0.2) is 90.0 Å². The molecular formula is C24H18ClN3O. The third-order valence-corrected chi connectivity index (χ3v) is 5.44. The van der Waals surface area contributed by atoms with E-state index in [1.165, 1.54) is 0 Å². The average molecular weight is 400 g/mol. The van der Waals surface area contributed by atoms with Crippen LogP contribution in [0.5, 0.6) is 0 Å². The molecule has 0 aliphatic carbocycles. The zero-order chi connectivity index (χ0) is 19.8. The highest BCUT2D eigenvalue weighted by Gasteiger charge is 2.16. The standard InChI is InChI=1S/C24H18ClN3O/c25-19-12-10-18(11-13-19)15-28-21-9-5-4-8-20(21)22-23(28)24(29)27(16-26-22)14-17-6-2-1-3-7-17/h1-13,16H,14-15H2. The van der Waals surface area contributed by atoms with E-state index in [1.54, 1.807) is 10.9 Å². The maximum absolute atomic E-state index is 13.4. The van der Waals surface area contributed by atoms with E-state index in [9.17, 15) is 4.79 Å². The van der Waals surface area contributed by atoms with E-state index in [-0.39, 0.29) is 5.56 Å². The van der Waals surface area contributed by atoms with Crippen molar-refractivity contribution in [3.8, 4) is 0 Å². The zero-order valence-electron chi connectivity index (χ0n) is 15.6. The van der Waals surface area contributed by atoms with Gasteiger partial charge < -0.3 is 4.57 Å². The third kappa shape index (κ3) is 3.22. The second-order valence-corrected chi connectivity index (χ2v) is 7.53. The SMILES string of the molecule is O=c1c2c(ncn1Cc1ccccc1)c1ccccc1n2Cc1ccc(Cl)cc1. The van der Waals surface area contributed by atoms with Gasteiger partial charge in [0.25, 0.3) is 5.56 Å². The molecule has 29 heavy (non-hydrogen) atoms. The molecule has 0 atom stereocenters. The van der Waals surface area contributed by atoms with E-state index in [2.05, 4.69) is 9.55 Å². The first-order valence-corrected chi connectivity index (χ1v) is 9.83. The lowest BCUT2D eigenvalue weighted by atomic mass is 10.2. The Bertz CT molecular complexity index is 1370. The van der Waals surface area contributed by atoms with E-state index >= 15 is 0 Å². The van der Waals surface area contributed by atoms with Gasteiger partial charge in [-0.25, -0.2) is 4.98 Å². The van der Waals surface area contributed by atoms with Crippen LogP contribution >= 0.6 is 11.6 Å². The van der Waals surface area contributed by atoms with E-state index in [1.807, 2.05) is 78.9 Å². The first-order valence-electron chi connectivity index (χ1n) is 9.45. The molecule has 5 rings (SSSR count). The highest BCUT2D eigenvalue weighted by Crippen LogP contribution is 2.26. The summed E-state index contributed by atoms with van der Waals surface area (Å²) < 4.78 is 3.74. The Balaban J connectivity index is 1.71. The largest absolute Gasteiger partial charge is 0.330 e. The molecule has 5 aromatic rings. The monoisotopic (exact) mass is 399 g/mol. The normalized spacial score (nSPS) is 11.3. The number of hydrogen-bond acceptors (Lipinski definition) is 2. The van der Waals surface area contributed by atoms with Crippen LogP contribution in [-0.4, -0.2) is 14.1 Å². The predicted octanol–water partition coefficient (Wildman–Crippen LogP) is 5.10. The van der Waals surface area contributed by atoms with E-state index in [4.69, 9.17) is 11.6 Å². The molecule has 0 saturated heterocycles. The van der Waals surface area contributed by atoms with Crippen LogP contribution in [0, 0.1) is 0 Å². The summed E-state index contributed by atoms with van der Waals surface area (Å²) in [5.74, 6) is 0. The molecule has 0 bridgehead atoms. The topological polar surface area (TPSA) is 39.8 Å². The smallest absolute Gasteiger partial charge is 0.278 e. The molecule has 0 aliphatic rings. The molecular weight excluding hydrogens is 382 g/mol. The molecule has 0 fully saturated rings. The van der Waals surface area contributed by atoms with Gasteiger partial charge in [-0.3, -0.25) is 9.36 Å².